The predicted molar refractivity (Wildman–Crippen MR) is 74.0 cm³/mol. The van der Waals surface area contributed by atoms with Crippen LogP contribution in [0.1, 0.15) is 19.8 Å². The lowest BCUT2D eigenvalue weighted by atomic mass is 10.2. The molecule has 6 heteroatoms. The molecular formula is C14H18N2O4. The number of ether oxygens (including phenoxy) is 1. The van der Waals surface area contributed by atoms with E-state index in [0.29, 0.717) is 37.4 Å². The summed E-state index contributed by atoms with van der Waals surface area (Å²) in [5.41, 5.74) is 0.594. The van der Waals surface area contributed by atoms with E-state index in [1.807, 2.05) is 6.92 Å². The number of carboxylic acids is 1. The molecule has 1 aromatic rings. The van der Waals surface area contributed by atoms with Crippen LogP contribution in [0.3, 0.4) is 0 Å². The number of rotatable bonds is 4. The molecule has 0 bridgehead atoms. The summed E-state index contributed by atoms with van der Waals surface area (Å²) in [5, 5.41) is 11.8. The Morgan fingerprint density at radius 2 is 2.30 bits per heavy atom. The molecule has 1 atom stereocenters. The number of aliphatic carboxylic acids is 1. The fraction of sp³-hybridized carbons (Fsp3) is 0.429. The smallest absolute Gasteiger partial charge is 0.326 e. The first-order valence-electron chi connectivity index (χ1n) is 6.65. The zero-order valence-corrected chi connectivity index (χ0v) is 11.3. The Balaban J connectivity index is 2.04. The van der Waals surface area contributed by atoms with E-state index in [4.69, 9.17) is 9.84 Å². The second kappa shape index (κ2) is 6.27. The molecule has 0 saturated carbocycles. The molecule has 6 nitrogen and oxygen atoms in total. The summed E-state index contributed by atoms with van der Waals surface area (Å²) in [6.07, 6.45) is 1.21. The summed E-state index contributed by atoms with van der Waals surface area (Å²) >= 11 is 0. The van der Waals surface area contributed by atoms with Crippen molar-refractivity contribution >= 4 is 17.7 Å². The van der Waals surface area contributed by atoms with Gasteiger partial charge in [-0.2, -0.15) is 0 Å². The van der Waals surface area contributed by atoms with E-state index in [0.717, 1.165) is 0 Å². The molecule has 1 aromatic carbocycles. The van der Waals surface area contributed by atoms with Crippen LogP contribution >= 0.6 is 0 Å². The maximum Gasteiger partial charge on any atom is 0.326 e. The molecule has 2 rings (SSSR count). The average molecular weight is 278 g/mol. The third-order valence-electron chi connectivity index (χ3n) is 3.20. The summed E-state index contributed by atoms with van der Waals surface area (Å²) in [7, 11) is 0. The maximum atomic E-state index is 12.1. The Morgan fingerprint density at radius 3 is 3.00 bits per heavy atom. The Bertz CT molecular complexity index is 504. The van der Waals surface area contributed by atoms with Gasteiger partial charge in [0.2, 0.25) is 0 Å². The van der Waals surface area contributed by atoms with Gasteiger partial charge >= 0.3 is 12.0 Å². The second-order valence-electron chi connectivity index (χ2n) is 4.58. The van der Waals surface area contributed by atoms with Crippen molar-refractivity contribution in [2.45, 2.75) is 25.8 Å². The number of carbonyl (C=O) groups is 2. The van der Waals surface area contributed by atoms with Gasteiger partial charge in [0, 0.05) is 18.3 Å². The van der Waals surface area contributed by atoms with Gasteiger partial charge in [-0.25, -0.2) is 9.59 Å². The highest BCUT2D eigenvalue weighted by molar-refractivity contribution is 5.92. The first-order valence-corrected chi connectivity index (χ1v) is 6.65. The summed E-state index contributed by atoms with van der Waals surface area (Å²) < 4.78 is 5.35. The number of hydrogen-bond donors (Lipinski definition) is 2. The second-order valence-corrected chi connectivity index (χ2v) is 4.58. The summed E-state index contributed by atoms with van der Waals surface area (Å²) in [6.45, 7) is 2.89. The highest BCUT2D eigenvalue weighted by Crippen LogP contribution is 2.21. The van der Waals surface area contributed by atoms with E-state index >= 15 is 0 Å². The minimum Gasteiger partial charge on any atom is -0.494 e. The van der Waals surface area contributed by atoms with Crippen LogP contribution in [0.2, 0.25) is 0 Å². The molecule has 1 aliphatic heterocycles. The van der Waals surface area contributed by atoms with Crippen LogP contribution in [0.25, 0.3) is 0 Å². The molecule has 0 radical (unpaired) electrons. The van der Waals surface area contributed by atoms with Crippen molar-refractivity contribution in [3.63, 3.8) is 0 Å². The van der Waals surface area contributed by atoms with Gasteiger partial charge < -0.3 is 20.1 Å². The number of anilines is 1. The van der Waals surface area contributed by atoms with Crippen LogP contribution < -0.4 is 10.1 Å². The van der Waals surface area contributed by atoms with Gasteiger partial charge in [0.05, 0.1) is 6.61 Å². The molecule has 0 spiro atoms. The van der Waals surface area contributed by atoms with E-state index < -0.39 is 12.0 Å². The highest BCUT2D eigenvalue weighted by Gasteiger charge is 2.33. The topological polar surface area (TPSA) is 78.9 Å². The van der Waals surface area contributed by atoms with Gasteiger partial charge in [-0.3, -0.25) is 0 Å². The van der Waals surface area contributed by atoms with Crippen molar-refractivity contribution in [3.05, 3.63) is 24.3 Å². The van der Waals surface area contributed by atoms with E-state index in [1.165, 1.54) is 4.90 Å². The summed E-state index contributed by atoms with van der Waals surface area (Å²) in [6, 6.07) is 5.92. The minimum atomic E-state index is -0.958. The van der Waals surface area contributed by atoms with E-state index in [1.54, 1.807) is 24.3 Å². The van der Waals surface area contributed by atoms with Crippen LogP contribution in [-0.2, 0) is 4.79 Å². The number of urea groups is 1. The average Bonchev–Trinajstić information content (AvgIpc) is 2.89. The van der Waals surface area contributed by atoms with Crippen molar-refractivity contribution in [2.24, 2.45) is 0 Å². The van der Waals surface area contributed by atoms with Crippen molar-refractivity contribution < 1.29 is 19.4 Å². The first-order chi connectivity index (χ1) is 9.61. The maximum absolute atomic E-state index is 12.1. The first kappa shape index (κ1) is 14.2. The van der Waals surface area contributed by atoms with Gasteiger partial charge in [-0.05, 0) is 31.9 Å². The zero-order chi connectivity index (χ0) is 14.5. The summed E-state index contributed by atoms with van der Waals surface area (Å²) in [5.74, 6) is -0.290. The van der Waals surface area contributed by atoms with Gasteiger partial charge in [0.1, 0.15) is 11.8 Å². The molecule has 2 amide bonds. The number of benzene rings is 1. The lowest BCUT2D eigenvalue weighted by Gasteiger charge is -2.21. The Hall–Kier alpha value is -2.24. The Morgan fingerprint density at radius 1 is 1.50 bits per heavy atom. The van der Waals surface area contributed by atoms with Crippen molar-refractivity contribution in [3.8, 4) is 5.75 Å². The molecule has 1 saturated heterocycles. The van der Waals surface area contributed by atoms with E-state index in [9.17, 15) is 9.59 Å². The number of nitrogens with one attached hydrogen (secondary N) is 1. The third kappa shape index (κ3) is 3.20. The largest absolute Gasteiger partial charge is 0.494 e. The Kier molecular flexibility index (Phi) is 4.45. The minimum absolute atomic E-state index is 0.386. The molecule has 1 aliphatic rings. The Labute approximate surface area is 117 Å². The van der Waals surface area contributed by atoms with E-state index in [2.05, 4.69) is 5.32 Å². The quantitative estimate of drug-likeness (QED) is 0.884. The molecule has 0 unspecified atom stereocenters. The van der Waals surface area contributed by atoms with E-state index in [-0.39, 0.29) is 6.03 Å². The molecule has 20 heavy (non-hydrogen) atoms. The van der Waals surface area contributed by atoms with Crippen molar-refractivity contribution in [1.82, 2.24) is 4.90 Å². The molecule has 2 N–H and O–H groups in total. The number of likely N-dealkylation sites (tertiary alicyclic amines) is 1. The van der Waals surface area contributed by atoms with Crippen LogP contribution in [0.15, 0.2) is 24.3 Å². The van der Waals surface area contributed by atoms with Gasteiger partial charge in [0.15, 0.2) is 0 Å². The number of carboxylic acid groups (broad SMARTS) is 1. The van der Waals surface area contributed by atoms with Crippen LogP contribution in [0.5, 0.6) is 5.75 Å². The number of carbonyl (C=O) groups excluding carboxylic acids is 1. The highest BCUT2D eigenvalue weighted by atomic mass is 16.5. The molecular weight excluding hydrogens is 260 g/mol. The predicted octanol–water partition coefficient (Wildman–Crippen LogP) is 2.17. The zero-order valence-electron chi connectivity index (χ0n) is 11.3. The molecule has 0 aliphatic carbocycles. The normalized spacial score (nSPS) is 17.9. The molecule has 108 valence electrons. The monoisotopic (exact) mass is 278 g/mol. The number of amides is 2. The molecule has 0 aromatic heterocycles. The number of nitrogens with zero attached hydrogens (tertiary/aromatic N) is 1. The lowest BCUT2D eigenvalue weighted by molar-refractivity contribution is -0.141. The lowest BCUT2D eigenvalue weighted by Crippen LogP contribution is -2.42. The van der Waals surface area contributed by atoms with Gasteiger partial charge in [-0.15, -0.1) is 0 Å². The fourth-order valence-electron chi connectivity index (χ4n) is 2.29. The van der Waals surface area contributed by atoms with Crippen LogP contribution in [0.4, 0.5) is 10.5 Å². The van der Waals surface area contributed by atoms with Gasteiger partial charge in [-0.1, -0.05) is 6.07 Å². The van der Waals surface area contributed by atoms with Gasteiger partial charge in [0.25, 0.3) is 0 Å². The number of hydrogen-bond acceptors (Lipinski definition) is 3. The molecule has 1 heterocycles. The summed E-state index contributed by atoms with van der Waals surface area (Å²) in [4.78, 5) is 24.5. The van der Waals surface area contributed by atoms with Crippen LogP contribution in [0, 0.1) is 0 Å². The third-order valence-corrected chi connectivity index (χ3v) is 3.20. The van der Waals surface area contributed by atoms with Crippen molar-refractivity contribution in [1.29, 1.82) is 0 Å². The molecule has 1 fully saturated rings. The fourth-order valence-corrected chi connectivity index (χ4v) is 2.29. The standard InChI is InChI=1S/C14H18N2O4/c1-2-20-11-6-3-5-10(9-11)15-14(19)16-8-4-7-12(16)13(17)18/h3,5-6,9,12H,2,4,7-8H2,1H3,(H,15,19)(H,17,18)/t12-/m0/s1. The SMILES string of the molecule is CCOc1cccc(NC(=O)N2CCC[C@H]2C(=O)O)c1. The van der Waals surface area contributed by atoms with Crippen LogP contribution in [-0.4, -0.2) is 41.2 Å². The van der Waals surface area contributed by atoms with Crippen molar-refractivity contribution in [2.75, 3.05) is 18.5 Å².